The number of thioether (sulfide) groups is 1. The second-order valence-electron chi connectivity index (χ2n) is 14.0. The number of H-pyrrole nitrogens is 1. The molecule has 14 heteroatoms. The summed E-state index contributed by atoms with van der Waals surface area (Å²) < 4.78 is 23.9. The van der Waals surface area contributed by atoms with Crippen LogP contribution in [0.5, 0.6) is 0 Å². The van der Waals surface area contributed by atoms with Crippen LogP contribution in [0.25, 0.3) is 0 Å². The van der Waals surface area contributed by atoms with Crippen LogP contribution in [-0.4, -0.2) is 66.9 Å². The number of esters is 2. The summed E-state index contributed by atoms with van der Waals surface area (Å²) in [4.78, 5) is 45.8. The number of alkyl carbamates (subject to hydrolysis) is 1. The first-order valence-corrected chi connectivity index (χ1v) is 15.9. The lowest BCUT2D eigenvalue weighted by molar-refractivity contribution is -0.173. The lowest BCUT2D eigenvalue weighted by Gasteiger charge is -2.40. The second kappa shape index (κ2) is 12.3. The molecule has 1 heterocycles. The number of hydrogen-bond acceptors (Lipinski definition) is 10. The van der Waals surface area contributed by atoms with E-state index in [1.54, 1.807) is 80.5 Å². The Labute approximate surface area is 271 Å². The summed E-state index contributed by atoms with van der Waals surface area (Å²) in [5.41, 5.74) is -3.75. The maximum absolute atomic E-state index is 14.4. The highest BCUT2D eigenvalue weighted by Crippen LogP contribution is 2.67. The molecule has 1 aromatic carbocycles. The van der Waals surface area contributed by atoms with Gasteiger partial charge in [-0.15, -0.1) is 0 Å². The summed E-state index contributed by atoms with van der Waals surface area (Å²) in [6.45, 7) is 15.6. The molecule has 242 valence electrons. The largest absolute Gasteiger partial charge is 0.460 e. The average Bonchev–Trinajstić information content (AvgIpc) is 3.26. The number of halogens is 2. The van der Waals surface area contributed by atoms with Gasteiger partial charge in [0.25, 0.3) is 0 Å². The van der Waals surface area contributed by atoms with Gasteiger partial charge in [-0.05, 0) is 85.9 Å². The molecule has 2 aromatic rings. The quantitative estimate of drug-likeness (QED) is 0.254. The zero-order valence-corrected chi connectivity index (χ0v) is 28.6. The highest BCUT2D eigenvalue weighted by molar-refractivity contribution is 7.99. The summed E-state index contributed by atoms with van der Waals surface area (Å²) in [6.07, 6.45) is -0.507. The third-order valence-corrected chi connectivity index (χ3v) is 8.90. The van der Waals surface area contributed by atoms with Crippen LogP contribution in [-0.2, 0) is 35.1 Å². The van der Waals surface area contributed by atoms with Crippen LogP contribution in [0.15, 0.2) is 29.7 Å². The maximum Gasteiger partial charge on any atom is 0.408 e. The van der Waals surface area contributed by atoms with Gasteiger partial charge in [0.1, 0.15) is 29.2 Å². The van der Waals surface area contributed by atoms with E-state index in [1.807, 2.05) is 0 Å². The summed E-state index contributed by atoms with van der Waals surface area (Å²) >= 11 is 13.7. The van der Waals surface area contributed by atoms with Gasteiger partial charge in [0, 0.05) is 11.2 Å². The molecule has 1 amide bonds. The van der Waals surface area contributed by atoms with E-state index in [1.165, 1.54) is 18.1 Å². The molecular weight excluding hydrogens is 631 g/mol. The molecule has 2 saturated carbocycles. The van der Waals surface area contributed by atoms with Crippen LogP contribution in [0.4, 0.5) is 4.79 Å². The van der Waals surface area contributed by atoms with Crippen LogP contribution in [0.3, 0.4) is 0 Å². The smallest absolute Gasteiger partial charge is 0.408 e. The number of carbonyl (C=O) groups excluding carboxylic acids is 3. The zero-order valence-electron chi connectivity index (χ0n) is 26.3. The Morgan fingerprint density at radius 3 is 2.14 bits per heavy atom. The summed E-state index contributed by atoms with van der Waals surface area (Å²) in [5.74, 6) is -3.18. The van der Waals surface area contributed by atoms with Crippen LogP contribution in [0.2, 0.25) is 10.0 Å². The second-order valence-corrected chi connectivity index (χ2v) is 16.0. The lowest BCUT2D eigenvalue weighted by atomic mass is 9.86. The average molecular weight is 672 g/mol. The monoisotopic (exact) mass is 670 g/mol. The molecule has 2 N–H and O–H groups in total. The first kappa shape index (κ1) is 34.3. The predicted octanol–water partition coefficient (Wildman–Crippen LogP) is 5.98. The van der Waals surface area contributed by atoms with Gasteiger partial charge in [-0.3, -0.25) is 9.89 Å². The number of fused-ring (bicyclic) bond motifs is 1. The molecule has 4 rings (SSSR count). The molecule has 11 nitrogen and oxygen atoms in total. The number of carbonyl (C=O) groups is 3. The summed E-state index contributed by atoms with van der Waals surface area (Å²) in [7, 11) is 0. The first-order valence-electron chi connectivity index (χ1n) is 14.3. The van der Waals surface area contributed by atoms with Gasteiger partial charge in [-0.2, -0.15) is 5.10 Å². The fraction of sp³-hybridized carbons (Fsp3) is 0.633. The highest BCUT2D eigenvalue weighted by Gasteiger charge is 2.81. The van der Waals surface area contributed by atoms with Gasteiger partial charge >= 0.3 is 18.0 Å². The van der Waals surface area contributed by atoms with Gasteiger partial charge in [-0.25, -0.2) is 14.6 Å². The third-order valence-electron chi connectivity index (χ3n) is 6.91. The molecule has 1 aromatic heterocycles. The molecule has 0 radical (unpaired) electrons. The molecule has 6 unspecified atom stereocenters. The van der Waals surface area contributed by atoms with Crippen molar-refractivity contribution in [3.8, 4) is 0 Å². The van der Waals surface area contributed by atoms with Crippen LogP contribution >= 0.6 is 35.0 Å². The van der Waals surface area contributed by atoms with Crippen molar-refractivity contribution in [2.75, 3.05) is 0 Å². The summed E-state index contributed by atoms with van der Waals surface area (Å²) in [5, 5.41) is 10.2. The highest BCUT2D eigenvalue weighted by atomic mass is 35.5. The van der Waals surface area contributed by atoms with E-state index in [9.17, 15) is 14.4 Å². The number of rotatable bonds is 8. The Balaban J connectivity index is 1.84. The Morgan fingerprint density at radius 1 is 0.955 bits per heavy atom. The van der Waals surface area contributed by atoms with Gasteiger partial charge in [-0.1, -0.05) is 41.0 Å². The fourth-order valence-corrected chi connectivity index (χ4v) is 7.21. The molecule has 44 heavy (non-hydrogen) atoms. The van der Waals surface area contributed by atoms with E-state index in [-0.39, 0.29) is 6.61 Å². The minimum atomic E-state index is -1.84. The molecule has 0 spiro atoms. The standard InChI is InChI=1S/C30H40Cl2N4O7S/c1-27(2,3)41-23(37)19-18-20(19)30(24(38)42-28(4,5)6,35-26(39)43-29(7,8)9)22(21(18)44-25-33-14-34-36-25)40-13-15-10-11-16(31)17(32)12-15/h10-12,14,18-22H,13H2,1-9H3,(H,35,39)(H,33,34,36). The summed E-state index contributed by atoms with van der Waals surface area (Å²) in [6, 6.07) is 5.06. The van der Waals surface area contributed by atoms with Crippen molar-refractivity contribution in [3.63, 3.8) is 0 Å². The normalized spacial score (nSPS) is 26.5. The molecule has 2 fully saturated rings. The van der Waals surface area contributed by atoms with Crippen molar-refractivity contribution in [1.82, 2.24) is 20.5 Å². The number of hydrogen-bond donors (Lipinski definition) is 2. The molecule has 2 aliphatic rings. The van der Waals surface area contributed by atoms with Crippen molar-refractivity contribution >= 4 is 53.0 Å². The van der Waals surface area contributed by atoms with Crippen molar-refractivity contribution < 1.29 is 33.3 Å². The maximum atomic E-state index is 14.4. The Hall–Kier alpha value is -2.54. The Kier molecular flexibility index (Phi) is 9.63. The molecule has 6 atom stereocenters. The van der Waals surface area contributed by atoms with Gasteiger partial charge in [0.2, 0.25) is 0 Å². The van der Waals surface area contributed by atoms with Crippen molar-refractivity contribution in [2.24, 2.45) is 17.8 Å². The van der Waals surface area contributed by atoms with Crippen LogP contribution in [0, 0.1) is 17.8 Å². The van der Waals surface area contributed by atoms with E-state index >= 15 is 0 Å². The minimum Gasteiger partial charge on any atom is -0.460 e. The molecule has 2 aliphatic carbocycles. The molecule has 0 bridgehead atoms. The number of amides is 1. The third kappa shape index (κ3) is 7.81. The number of benzene rings is 1. The first-order chi connectivity index (χ1) is 20.2. The number of ether oxygens (including phenoxy) is 4. The topological polar surface area (TPSA) is 142 Å². The van der Waals surface area contributed by atoms with E-state index in [0.717, 1.165) is 0 Å². The van der Waals surface area contributed by atoms with E-state index in [4.69, 9.17) is 42.1 Å². The molecular formula is C30H40Cl2N4O7S. The van der Waals surface area contributed by atoms with Crippen molar-refractivity contribution in [3.05, 3.63) is 40.1 Å². The number of aromatic amines is 1. The Bertz CT molecular complexity index is 1390. The number of aromatic nitrogens is 3. The number of nitrogens with zero attached hydrogens (tertiary/aromatic N) is 2. The zero-order chi connectivity index (χ0) is 32.8. The van der Waals surface area contributed by atoms with Crippen molar-refractivity contribution in [1.29, 1.82) is 0 Å². The van der Waals surface area contributed by atoms with Crippen LogP contribution < -0.4 is 5.32 Å². The van der Waals surface area contributed by atoms with E-state index < -0.39 is 69.5 Å². The van der Waals surface area contributed by atoms with Crippen LogP contribution in [0.1, 0.15) is 67.9 Å². The van der Waals surface area contributed by atoms with E-state index in [2.05, 4.69) is 20.5 Å². The molecule has 0 saturated heterocycles. The predicted molar refractivity (Wildman–Crippen MR) is 165 cm³/mol. The van der Waals surface area contributed by atoms with Gasteiger partial charge in [0.05, 0.1) is 22.6 Å². The SMILES string of the molecule is CC(C)(C)OC(=O)NC1(C(=O)OC(C)(C)C)C(OCc2ccc(Cl)c(Cl)c2)C(Sc2ncn[nH]2)C2C(C(=O)OC(C)(C)C)C21. The molecule has 0 aliphatic heterocycles. The Morgan fingerprint density at radius 2 is 1.59 bits per heavy atom. The fourth-order valence-electron chi connectivity index (χ4n) is 5.51. The van der Waals surface area contributed by atoms with Gasteiger partial charge in [0.15, 0.2) is 10.7 Å². The number of nitrogens with one attached hydrogen (secondary N) is 2. The van der Waals surface area contributed by atoms with Crippen molar-refractivity contribution in [2.45, 2.75) is 108 Å². The lowest BCUT2D eigenvalue weighted by Crippen LogP contribution is -2.66. The van der Waals surface area contributed by atoms with Gasteiger partial charge < -0.3 is 24.3 Å². The van der Waals surface area contributed by atoms with E-state index in [0.29, 0.717) is 20.8 Å². The minimum absolute atomic E-state index is 0.00606.